The first-order valence-electron chi connectivity index (χ1n) is 9.44. The molecule has 1 heterocycles. The fraction of sp³-hybridized carbons (Fsp3) is 0.136. The van der Waals surface area contributed by atoms with Crippen LogP contribution in [-0.2, 0) is 11.2 Å². The van der Waals surface area contributed by atoms with Crippen LogP contribution in [0.4, 0.5) is 27.7 Å². The normalized spacial score (nSPS) is 10.2. The number of nitrogens with one attached hydrogen (secondary N) is 4. The van der Waals surface area contributed by atoms with Gasteiger partial charge in [-0.2, -0.15) is 0 Å². The zero-order valence-electron chi connectivity index (χ0n) is 16.4. The molecule has 4 N–H and O–H groups in total. The Morgan fingerprint density at radius 2 is 1.70 bits per heavy atom. The van der Waals surface area contributed by atoms with Crippen LogP contribution in [0.1, 0.15) is 12.5 Å². The largest absolute Gasteiger partial charge is 0.355 e. The average molecular weight is 515 g/mol. The van der Waals surface area contributed by atoms with E-state index >= 15 is 0 Å². The van der Waals surface area contributed by atoms with Crippen molar-refractivity contribution in [2.24, 2.45) is 0 Å². The van der Waals surface area contributed by atoms with Gasteiger partial charge in [-0.25, -0.2) is 9.78 Å². The highest BCUT2D eigenvalue weighted by molar-refractivity contribution is 14.1. The maximum atomic E-state index is 12.6. The molecule has 7 nitrogen and oxygen atoms in total. The number of urea groups is 1. The first-order valence-corrected chi connectivity index (χ1v) is 10.5. The number of rotatable bonds is 7. The predicted molar refractivity (Wildman–Crippen MR) is 128 cm³/mol. The summed E-state index contributed by atoms with van der Waals surface area (Å²) in [6.45, 7) is 2.35. The molecular formula is C22H22IN5O2. The molecule has 0 spiro atoms. The van der Waals surface area contributed by atoms with Crippen molar-refractivity contribution in [2.45, 2.75) is 13.3 Å². The van der Waals surface area contributed by atoms with Crippen molar-refractivity contribution in [1.29, 1.82) is 0 Å². The summed E-state index contributed by atoms with van der Waals surface area (Å²) in [6.07, 6.45) is 1.73. The van der Waals surface area contributed by atoms with Crippen molar-refractivity contribution >= 4 is 57.4 Å². The van der Waals surface area contributed by atoms with E-state index in [1.54, 1.807) is 12.3 Å². The van der Waals surface area contributed by atoms with E-state index in [1.807, 2.05) is 61.5 Å². The topological polar surface area (TPSA) is 95.2 Å². The highest BCUT2D eigenvalue weighted by Crippen LogP contribution is 2.24. The fourth-order valence-electron chi connectivity index (χ4n) is 2.72. The van der Waals surface area contributed by atoms with Crippen molar-refractivity contribution in [2.75, 3.05) is 22.5 Å². The maximum absolute atomic E-state index is 12.6. The molecule has 0 bridgehead atoms. The number of nitrogens with zero attached hydrogens (tertiary/aromatic N) is 1. The van der Waals surface area contributed by atoms with Gasteiger partial charge in [-0.1, -0.05) is 18.2 Å². The second-order valence-corrected chi connectivity index (χ2v) is 7.68. The van der Waals surface area contributed by atoms with E-state index in [-0.39, 0.29) is 18.4 Å². The molecule has 0 atom stereocenters. The molecule has 0 aliphatic heterocycles. The summed E-state index contributed by atoms with van der Waals surface area (Å²) < 4.78 is 1.10. The quantitative estimate of drug-likeness (QED) is 0.342. The van der Waals surface area contributed by atoms with E-state index in [0.29, 0.717) is 23.6 Å². The SMILES string of the molecule is CCNC(=O)Nc1cc(Nc2ccccc2)c(CC(=O)Nc2ccc(I)cc2)cn1. The molecule has 1 aromatic heterocycles. The van der Waals surface area contributed by atoms with E-state index in [0.717, 1.165) is 14.9 Å². The summed E-state index contributed by atoms with van der Waals surface area (Å²) in [7, 11) is 0. The van der Waals surface area contributed by atoms with E-state index < -0.39 is 0 Å². The Morgan fingerprint density at radius 3 is 2.40 bits per heavy atom. The zero-order chi connectivity index (χ0) is 21.3. The van der Waals surface area contributed by atoms with E-state index in [9.17, 15) is 9.59 Å². The summed E-state index contributed by atoms with van der Waals surface area (Å²) in [4.78, 5) is 28.7. The summed E-state index contributed by atoms with van der Waals surface area (Å²) in [5.74, 6) is 0.236. The number of pyridine rings is 1. The second kappa shape index (κ2) is 10.6. The van der Waals surface area contributed by atoms with Gasteiger partial charge < -0.3 is 16.0 Å². The van der Waals surface area contributed by atoms with Crippen LogP contribution >= 0.6 is 22.6 Å². The van der Waals surface area contributed by atoms with Gasteiger partial charge in [0, 0.05) is 45.0 Å². The molecule has 0 aliphatic rings. The van der Waals surface area contributed by atoms with Gasteiger partial charge in [0.25, 0.3) is 0 Å². The Kier molecular flexibility index (Phi) is 7.61. The Morgan fingerprint density at radius 1 is 0.967 bits per heavy atom. The summed E-state index contributed by atoms with van der Waals surface area (Å²) >= 11 is 2.22. The molecule has 2 aromatic carbocycles. The van der Waals surface area contributed by atoms with Crippen molar-refractivity contribution in [3.8, 4) is 0 Å². The van der Waals surface area contributed by atoms with Crippen molar-refractivity contribution in [3.63, 3.8) is 0 Å². The lowest BCUT2D eigenvalue weighted by atomic mass is 10.1. The Balaban J connectivity index is 1.79. The lowest BCUT2D eigenvalue weighted by Crippen LogP contribution is -2.28. The average Bonchev–Trinajstić information content (AvgIpc) is 2.72. The maximum Gasteiger partial charge on any atom is 0.320 e. The number of benzene rings is 2. The number of aromatic nitrogens is 1. The van der Waals surface area contributed by atoms with Crippen LogP contribution in [0.25, 0.3) is 0 Å². The Labute approximate surface area is 188 Å². The molecule has 8 heteroatoms. The molecule has 0 saturated heterocycles. The molecule has 0 radical (unpaired) electrons. The number of carbonyl (C=O) groups is 2. The number of hydrogen-bond donors (Lipinski definition) is 4. The standard InChI is InChI=1S/C22H22IN5O2/c1-2-24-22(30)28-20-13-19(26-17-6-4-3-5-7-17)15(14-25-20)12-21(29)27-18-10-8-16(23)9-11-18/h3-11,13-14H,2,12H2,1H3,(H,27,29)(H3,24,25,26,28,30). The van der Waals surface area contributed by atoms with Crippen LogP contribution in [0, 0.1) is 3.57 Å². The van der Waals surface area contributed by atoms with Gasteiger partial charge >= 0.3 is 6.03 Å². The number of carbonyl (C=O) groups excluding carboxylic acids is 2. The molecule has 3 aromatic rings. The van der Waals surface area contributed by atoms with Gasteiger partial charge in [-0.3, -0.25) is 10.1 Å². The molecule has 3 amide bonds. The van der Waals surface area contributed by atoms with Crippen LogP contribution in [0.15, 0.2) is 66.9 Å². The highest BCUT2D eigenvalue weighted by atomic mass is 127. The number of amides is 3. The lowest BCUT2D eigenvalue weighted by molar-refractivity contribution is -0.115. The van der Waals surface area contributed by atoms with Gasteiger partial charge in [-0.05, 0) is 65.9 Å². The van der Waals surface area contributed by atoms with Crippen LogP contribution in [0.5, 0.6) is 0 Å². The third-order valence-electron chi connectivity index (χ3n) is 4.10. The van der Waals surface area contributed by atoms with Gasteiger partial charge in [0.2, 0.25) is 5.91 Å². The lowest BCUT2D eigenvalue weighted by Gasteiger charge is -2.14. The Hall–Kier alpha value is -3.14. The third-order valence-corrected chi connectivity index (χ3v) is 4.82. The monoisotopic (exact) mass is 515 g/mol. The molecule has 3 rings (SSSR count). The smallest absolute Gasteiger partial charge is 0.320 e. The van der Waals surface area contributed by atoms with E-state index in [2.05, 4.69) is 48.8 Å². The minimum absolute atomic E-state index is 0.135. The highest BCUT2D eigenvalue weighted by Gasteiger charge is 2.12. The fourth-order valence-corrected chi connectivity index (χ4v) is 3.08. The minimum Gasteiger partial charge on any atom is -0.355 e. The molecule has 0 saturated carbocycles. The van der Waals surface area contributed by atoms with Crippen LogP contribution in [-0.4, -0.2) is 23.5 Å². The summed E-state index contributed by atoms with van der Waals surface area (Å²) in [6, 6.07) is 18.6. The van der Waals surface area contributed by atoms with E-state index in [4.69, 9.17) is 0 Å². The first-order chi connectivity index (χ1) is 14.5. The summed E-state index contributed by atoms with van der Waals surface area (Å²) in [5.41, 5.74) is 3.01. The molecule has 0 unspecified atom stereocenters. The van der Waals surface area contributed by atoms with E-state index in [1.165, 1.54) is 0 Å². The molecular weight excluding hydrogens is 493 g/mol. The first kappa shape index (κ1) is 21.6. The van der Waals surface area contributed by atoms with Gasteiger partial charge in [0.05, 0.1) is 6.42 Å². The van der Waals surface area contributed by atoms with Crippen LogP contribution in [0.2, 0.25) is 0 Å². The van der Waals surface area contributed by atoms with Crippen molar-refractivity contribution < 1.29 is 9.59 Å². The third kappa shape index (κ3) is 6.45. The van der Waals surface area contributed by atoms with Gasteiger partial charge in [-0.15, -0.1) is 0 Å². The predicted octanol–water partition coefficient (Wildman–Crippen LogP) is 4.75. The summed E-state index contributed by atoms with van der Waals surface area (Å²) in [5, 5.41) is 11.6. The van der Waals surface area contributed by atoms with Crippen molar-refractivity contribution in [1.82, 2.24) is 10.3 Å². The minimum atomic E-state index is -0.333. The zero-order valence-corrected chi connectivity index (χ0v) is 18.6. The molecule has 0 fully saturated rings. The molecule has 30 heavy (non-hydrogen) atoms. The van der Waals surface area contributed by atoms with Gasteiger partial charge in [0.15, 0.2) is 0 Å². The molecule has 154 valence electrons. The van der Waals surface area contributed by atoms with Crippen LogP contribution < -0.4 is 21.3 Å². The number of hydrogen-bond acceptors (Lipinski definition) is 4. The number of anilines is 4. The number of para-hydroxylation sites is 1. The van der Waals surface area contributed by atoms with Crippen LogP contribution in [0.3, 0.4) is 0 Å². The molecule has 0 aliphatic carbocycles. The number of halogens is 1. The van der Waals surface area contributed by atoms with Gasteiger partial charge in [0.1, 0.15) is 5.82 Å². The second-order valence-electron chi connectivity index (χ2n) is 6.43. The van der Waals surface area contributed by atoms with Crippen molar-refractivity contribution in [3.05, 3.63) is 76.0 Å². The Bertz CT molecular complexity index is 1010.